The number of primary sulfonamides is 1. The van der Waals surface area contributed by atoms with Crippen LogP contribution in [-0.2, 0) is 10.0 Å². The number of hydrogen-bond acceptors (Lipinski definition) is 3. The predicted molar refractivity (Wildman–Crippen MR) is 87.7 cm³/mol. The summed E-state index contributed by atoms with van der Waals surface area (Å²) in [6.07, 6.45) is 4.17. The van der Waals surface area contributed by atoms with E-state index in [9.17, 15) is 12.8 Å². The first-order chi connectivity index (χ1) is 10.9. The number of benzene rings is 1. The van der Waals surface area contributed by atoms with Gasteiger partial charge in [0, 0.05) is 6.20 Å². The van der Waals surface area contributed by atoms with E-state index in [0.29, 0.717) is 5.56 Å². The first-order valence-corrected chi connectivity index (χ1v) is 8.95. The Kier molecular flexibility index (Phi) is 4.23. The number of pyridine rings is 1. The van der Waals surface area contributed by atoms with Crippen molar-refractivity contribution in [2.75, 3.05) is 0 Å². The Morgan fingerprint density at radius 2 is 1.70 bits per heavy atom. The number of halogens is 2. The standard InChI is InChI=1S/C16H14ClFN2O2S/c17-16-15(18)8-11(9-20-16)14-3-1-2-13(14)10-4-6-12(7-5-10)23(19,21)22/h4-9H,1-3H2,(H2,19,21,22). The van der Waals surface area contributed by atoms with Crippen molar-refractivity contribution in [3.8, 4) is 0 Å². The average Bonchev–Trinajstić information content (AvgIpc) is 2.99. The zero-order valence-electron chi connectivity index (χ0n) is 12.1. The minimum absolute atomic E-state index is 0.0700. The van der Waals surface area contributed by atoms with Crippen molar-refractivity contribution in [1.29, 1.82) is 0 Å². The van der Waals surface area contributed by atoms with Gasteiger partial charge in [-0.3, -0.25) is 0 Å². The molecule has 2 N–H and O–H groups in total. The van der Waals surface area contributed by atoms with Gasteiger partial charge in [-0.2, -0.15) is 0 Å². The molecule has 23 heavy (non-hydrogen) atoms. The number of allylic oxidation sites excluding steroid dienone is 2. The maximum atomic E-state index is 13.6. The predicted octanol–water partition coefficient (Wildman–Crippen LogP) is 3.62. The highest BCUT2D eigenvalue weighted by Gasteiger charge is 2.19. The lowest BCUT2D eigenvalue weighted by Crippen LogP contribution is -2.11. The second kappa shape index (κ2) is 6.03. The molecular formula is C16H14ClFN2O2S. The van der Waals surface area contributed by atoms with E-state index in [2.05, 4.69) is 4.98 Å². The molecule has 0 amide bonds. The van der Waals surface area contributed by atoms with Crippen LogP contribution in [0.3, 0.4) is 0 Å². The lowest BCUT2D eigenvalue weighted by Gasteiger charge is -2.09. The van der Waals surface area contributed by atoms with Crippen LogP contribution >= 0.6 is 11.6 Å². The monoisotopic (exact) mass is 352 g/mol. The number of hydrogen-bond donors (Lipinski definition) is 1. The van der Waals surface area contributed by atoms with Gasteiger partial charge in [0.25, 0.3) is 0 Å². The largest absolute Gasteiger partial charge is 0.241 e. The van der Waals surface area contributed by atoms with E-state index < -0.39 is 15.8 Å². The summed E-state index contributed by atoms with van der Waals surface area (Å²) in [5.41, 5.74) is 3.68. The van der Waals surface area contributed by atoms with Gasteiger partial charge in [-0.1, -0.05) is 23.7 Å². The van der Waals surface area contributed by atoms with Crippen LogP contribution in [0.15, 0.2) is 41.4 Å². The van der Waals surface area contributed by atoms with Crippen molar-refractivity contribution in [3.05, 3.63) is 58.6 Å². The van der Waals surface area contributed by atoms with Gasteiger partial charge in [0.15, 0.2) is 11.0 Å². The van der Waals surface area contributed by atoms with E-state index in [1.807, 2.05) is 0 Å². The molecule has 3 rings (SSSR count). The molecule has 0 unspecified atom stereocenters. The molecule has 0 saturated heterocycles. The van der Waals surface area contributed by atoms with E-state index in [0.717, 1.165) is 36.0 Å². The van der Waals surface area contributed by atoms with Crippen molar-refractivity contribution in [2.45, 2.75) is 24.2 Å². The van der Waals surface area contributed by atoms with Crippen molar-refractivity contribution in [1.82, 2.24) is 4.98 Å². The molecule has 0 fully saturated rings. The third kappa shape index (κ3) is 3.29. The molecule has 7 heteroatoms. The van der Waals surface area contributed by atoms with Gasteiger partial charge in [0.2, 0.25) is 10.0 Å². The third-order valence-electron chi connectivity index (χ3n) is 3.89. The highest BCUT2D eigenvalue weighted by molar-refractivity contribution is 7.89. The zero-order valence-corrected chi connectivity index (χ0v) is 13.7. The SMILES string of the molecule is NS(=O)(=O)c1ccc(C2=C(c3cnc(Cl)c(F)c3)CCC2)cc1. The van der Waals surface area contributed by atoms with Crippen molar-refractivity contribution in [2.24, 2.45) is 5.14 Å². The Morgan fingerprint density at radius 3 is 2.26 bits per heavy atom. The minimum atomic E-state index is -3.71. The van der Waals surface area contributed by atoms with E-state index in [4.69, 9.17) is 16.7 Å². The summed E-state index contributed by atoms with van der Waals surface area (Å²) in [6.45, 7) is 0. The van der Waals surface area contributed by atoms with Crippen LogP contribution in [0.2, 0.25) is 5.15 Å². The summed E-state index contributed by atoms with van der Waals surface area (Å²) in [5.74, 6) is -0.549. The molecule has 120 valence electrons. The van der Waals surface area contributed by atoms with Gasteiger partial charge in [-0.15, -0.1) is 0 Å². The van der Waals surface area contributed by atoms with Crippen LogP contribution in [0, 0.1) is 5.82 Å². The fourth-order valence-electron chi connectivity index (χ4n) is 2.81. The summed E-state index contributed by atoms with van der Waals surface area (Å²) < 4.78 is 36.3. The topological polar surface area (TPSA) is 73.1 Å². The summed E-state index contributed by atoms with van der Waals surface area (Å²) >= 11 is 5.63. The van der Waals surface area contributed by atoms with Crippen LogP contribution in [-0.4, -0.2) is 13.4 Å². The Balaban J connectivity index is 2.04. The zero-order chi connectivity index (χ0) is 16.6. The first kappa shape index (κ1) is 16.1. The fraction of sp³-hybridized carbons (Fsp3) is 0.188. The Labute approximate surface area is 138 Å². The van der Waals surface area contributed by atoms with E-state index in [-0.39, 0.29) is 10.0 Å². The van der Waals surface area contributed by atoms with Crippen LogP contribution in [0.25, 0.3) is 11.1 Å². The fourth-order valence-corrected chi connectivity index (χ4v) is 3.43. The van der Waals surface area contributed by atoms with Crippen molar-refractivity contribution < 1.29 is 12.8 Å². The van der Waals surface area contributed by atoms with Gasteiger partial charge in [0.1, 0.15) is 0 Å². The summed E-state index contributed by atoms with van der Waals surface area (Å²) in [4.78, 5) is 3.93. The lowest BCUT2D eigenvalue weighted by atomic mass is 9.98. The minimum Gasteiger partial charge on any atom is -0.241 e. The summed E-state index contributed by atoms with van der Waals surface area (Å²) in [7, 11) is -3.71. The molecule has 0 bridgehead atoms. The normalized spacial score (nSPS) is 15.3. The molecule has 1 heterocycles. The Hall–Kier alpha value is -1.76. The molecule has 0 aliphatic heterocycles. The van der Waals surface area contributed by atoms with Gasteiger partial charge >= 0.3 is 0 Å². The van der Waals surface area contributed by atoms with Crippen molar-refractivity contribution >= 4 is 32.8 Å². The second-order valence-corrected chi connectivity index (χ2v) is 7.30. The van der Waals surface area contributed by atoms with E-state index >= 15 is 0 Å². The Morgan fingerprint density at radius 1 is 1.09 bits per heavy atom. The highest BCUT2D eigenvalue weighted by atomic mass is 35.5. The number of sulfonamides is 1. The third-order valence-corrected chi connectivity index (χ3v) is 5.10. The summed E-state index contributed by atoms with van der Waals surface area (Å²) in [6, 6.07) is 7.79. The number of nitrogens with two attached hydrogens (primary N) is 1. The molecule has 1 aromatic carbocycles. The molecule has 0 radical (unpaired) electrons. The van der Waals surface area contributed by atoms with Crippen LogP contribution < -0.4 is 5.14 Å². The van der Waals surface area contributed by atoms with Gasteiger partial charge in [-0.25, -0.2) is 22.9 Å². The molecule has 0 atom stereocenters. The van der Waals surface area contributed by atoms with Crippen LogP contribution in [0.4, 0.5) is 4.39 Å². The molecule has 4 nitrogen and oxygen atoms in total. The number of nitrogens with zero attached hydrogens (tertiary/aromatic N) is 1. The second-order valence-electron chi connectivity index (χ2n) is 5.38. The average molecular weight is 353 g/mol. The van der Waals surface area contributed by atoms with Gasteiger partial charge < -0.3 is 0 Å². The molecule has 0 saturated carbocycles. The van der Waals surface area contributed by atoms with E-state index in [1.54, 1.807) is 18.3 Å². The molecule has 1 aromatic heterocycles. The maximum Gasteiger partial charge on any atom is 0.238 e. The highest BCUT2D eigenvalue weighted by Crippen LogP contribution is 2.40. The molecule has 2 aromatic rings. The van der Waals surface area contributed by atoms with Crippen molar-refractivity contribution in [3.63, 3.8) is 0 Å². The lowest BCUT2D eigenvalue weighted by molar-refractivity contribution is 0.598. The first-order valence-electron chi connectivity index (χ1n) is 7.03. The summed E-state index contributed by atoms with van der Waals surface area (Å²) in [5, 5.41) is 4.96. The van der Waals surface area contributed by atoms with E-state index in [1.165, 1.54) is 18.2 Å². The molecular weight excluding hydrogens is 339 g/mol. The smallest absolute Gasteiger partial charge is 0.238 e. The van der Waals surface area contributed by atoms with Gasteiger partial charge in [0.05, 0.1) is 4.90 Å². The number of rotatable bonds is 3. The van der Waals surface area contributed by atoms with Gasteiger partial charge in [-0.05, 0) is 59.7 Å². The van der Waals surface area contributed by atoms with Crippen LogP contribution in [0.5, 0.6) is 0 Å². The maximum absolute atomic E-state index is 13.6. The molecule has 1 aliphatic rings. The quantitative estimate of drug-likeness (QED) is 0.857. The Bertz CT molecular complexity index is 893. The molecule has 1 aliphatic carbocycles. The number of aromatic nitrogens is 1. The van der Waals surface area contributed by atoms with Crippen LogP contribution in [0.1, 0.15) is 30.4 Å². The molecule has 0 spiro atoms.